The Kier molecular flexibility index (Phi) is 5.45. The van der Waals surface area contributed by atoms with Gasteiger partial charge in [-0.15, -0.1) is 11.3 Å². The minimum absolute atomic E-state index is 0.0388. The van der Waals surface area contributed by atoms with Gasteiger partial charge in [0.2, 0.25) is 5.91 Å². The number of carbonyl (C=O) groups excluding carboxylic acids is 2. The number of aryl methyl sites for hydroxylation is 1. The predicted molar refractivity (Wildman–Crippen MR) is 116 cm³/mol. The van der Waals surface area contributed by atoms with Crippen molar-refractivity contribution in [3.05, 3.63) is 69.5 Å². The number of rotatable bonds is 5. The molecule has 3 aromatic rings. The van der Waals surface area contributed by atoms with E-state index in [0.29, 0.717) is 18.7 Å². The summed E-state index contributed by atoms with van der Waals surface area (Å²) in [5, 5.41) is 6.12. The first-order valence-corrected chi connectivity index (χ1v) is 10.6. The van der Waals surface area contributed by atoms with Gasteiger partial charge in [-0.05, 0) is 49.1 Å². The molecule has 0 atom stereocenters. The first kappa shape index (κ1) is 19.3. The van der Waals surface area contributed by atoms with E-state index in [2.05, 4.69) is 39.9 Å². The number of nitrogens with zero attached hydrogens (tertiary/aromatic N) is 2. The summed E-state index contributed by atoms with van der Waals surface area (Å²) in [6.45, 7) is 4.84. The fraction of sp³-hybridized carbons (Fsp3) is 0.261. The van der Waals surface area contributed by atoms with E-state index in [1.54, 1.807) is 29.2 Å². The van der Waals surface area contributed by atoms with Crippen LogP contribution in [0.3, 0.4) is 0 Å². The minimum Gasteiger partial charge on any atom is -0.352 e. The first-order chi connectivity index (χ1) is 14.0. The Labute approximate surface area is 174 Å². The normalized spacial score (nSPS) is 12.7. The average Bonchev–Trinajstić information content (AvgIpc) is 3.34. The van der Waals surface area contributed by atoms with Crippen molar-refractivity contribution in [2.75, 3.05) is 18.0 Å². The first-order valence-electron chi connectivity index (χ1n) is 9.72. The average molecular weight is 406 g/mol. The molecule has 0 fully saturated rings. The summed E-state index contributed by atoms with van der Waals surface area (Å²) in [6, 6.07) is 13.9. The molecule has 0 aliphatic carbocycles. The summed E-state index contributed by atoms with van der Waals surface area (Å²) in [5.74, 6) is -0.0412. The summed E-state index contributed by atoms with van der Waals surface area (Å²) in [7, 11) is 0. The number of carbonyl (C=O) groups is 2. The Morgan fingerprint density at radius 3 is 2.66 bits per heavy atom. The van der Waals surface area contributed by atoms with E-state index in [1.807, 2.05) is 19.1 Å². The summed E-state index contributed by atoms with van der Waals surface area (Å²) in [6.07, 6.45) is 1.56. The minimum atomic E-state index is -0.0800. The third kappa shape index (κ3) is 4.22. The molecule has 29 heavy (non-hydrogen) atoms. The molecule has 0 spiro atoms. The van der Waals surface area contributed by atoms with Crippen molar-refractivity contribution in [3.63, 3.8) is 0 Å². The van der Waals surface area contributed by atoms with E-state index >= 15 is 0 Å². The van der Waals surface area contributed by atoms with E-state index in [9.17, 15) is 9.59 Å². The number of amides is 2. The molecule has 0 unspecified atom stereocenters. The van der Waals surface area contributed by atoms with E-state index in [-0.39, 0.29) is 11.8 Å². The molecule has 148 valence electrons. The number of aromatic nitrogens is 1. The second-order valence-electron chi connectivity index (χ2n) is 7.22. The standard InChI is InChI=1S/C23H23N3O2S/c1-15-25-21(14-29-15)18-5-3-17(4-6-18)9-11-24-23(28)20-7-8-22-19(13-20)10-12-26(22)16(2)27/h3-8,13-14H,9-12H2,1-2H3,(H,24,28). The van der Waals surface area contributed by atoms with Gasteiger partial charge in [0.15, 0.2) is 0 Å². The molecule has 2 heterocycles. The molecule has 2 amide bonds. The van der Waals surface area contributed by atoms with Gasteiger partial charge in [-0.1, -0.05) is 24.3 Å². The van der Waals surface area contributed by atoms with E-state index in [4.69, 9.17) is 0 Å². The van der Waals surface area contributed by atoms with Crippen LogP contribution < -0.4 is 10.2 Å². The number of thiazole rings is 1. The molecular weight excluding hydrogens is 382 g/mol. The van der Waals surface area contributed by atoms with Crippen LogP contribution in [0, 0.1) is 6.92 Å². The van der Waals surface area contributed by atoms with Gasteiger partial charge in [0.25, 0.3) is 5.91 Å². The fourth-order valence-corrected chi connectivity index (χ4v) is 4.25. The van der Waals surface area contributed by atoms with Crippen LogP contribution in [0.25, 0.3) is 11.3 Å². The maximum Gasteiger partial charge on any atom is 0.251 e. The number of nitrogens with one attached hydrogen (secondary N) is 1. The fourth-order valence-electron chi connectivity index (χ4n) is 3.63. The SMILES string of the molecule is CC(=O)N1CCc2cc(C(=O)NCCc3ccc(-c4csc(C)n4)cc3)ccc21. The molecule has 1 aliphatic rings. The summed E-state index contributed by atoms with van der Waals surface area (Å²) >= 11 is 1.65. The van der Waals surface area contributed by atoms with Crippen molar-refractivity contribution < 1.29 is 9.59 Å². The summed E-state index contributed by atoms with van der Waals surface area (Å²) in [5.41, 5.74) is 5.91. The highest BCUT2D eigenvalue weighted by Gasteiger charge is 2.23. The maximum atomic E-state index is 12.5. The molecule has 0 saturated heterocycles. The molecule has 0 bridgehead atoms. The highest BCUT2D eigenvalue weighted by Crippen LogP contribution is 2.29. The summed E-state index contributed by atoms with van der Waals surface area (Å²) in [4.78, 5) is 30.4. The molecule has 6 heteroatoms. The van der Waals surface area contributed by atoms with Crippen molar-refractivity contribution in [1.82, 2.24) is 10.3 Å². The van der Waals surface area contributed by atoms with Gasteiger partial charge in [0.05, 0.1) is 10.7 Å². The molecule has 4 rings (SSSR count). The smallest absolute Gasteiger partial charge is 0.251 e. The van der Waals surface area contributed by atoms with Crippen LogP contribution in [0.2, 0.25) is 0 Å². The lowest BCUT2D eigenvalue weighted by molar-refractivity contribution is -0.116. The van der Waals surface area contributed by atoms with Gasteiger partial charge >= 0.3 is 0 Å². The van der Waals surface area contributed by atoms with Crippen LogP contribution in [0.5, 0.6) is 0 Å². The number of hydrogen-bond acceptors (Lipinski definition) is 4. The molecule has 1 aromatic heterocycles. The Morgan fingerprint density at radius 2 is 1.97 bits per heavy atom. The lowest BCUT2D eigenvalue weighted by Gasteiger charge is -2.14. The van der Waals surface area contributed by atoms with E-state index in [0.717, 1.165) is 40.4 Å². The Balaban J connectivity index is 1.33. The van der Waals surface area contributed by atoms with Crippen LogP contribution >= 0.6 is 11.3 Å². The number of anilines is 1. The van der Waals surface area contributed by atoms with Gasteiger partial charge in [-0.2, -0.15) is 0 Å². The van der Waals surface area contributed by atoms with Crippen LogP contribution in [-0.4, -0.2) is 29.9 Å². The van der Waals surface area contributed by atoms with Crippen molar-refractivity contribution in [3.8, 4) is 11.3 Å². The van der Waals surface area contributed by atoms with E-state index < -0.39 is 0 Å². The molecular formula is C23H23N3O2S. The number of benzene rings is 2. The molecule has 5 nitrogen and oxygen atoms in total. The predicted octanol–water partition coefficient (Wildman–Crippen LogP) is 4.00. The lowest BCUT2D eigenvalue weighted by atomic mass is 10.1. The Bertz CT molecular complexity index is 1060. The van der Waals surface area contributed by atoms with Gasteiger partial charge in [-0.25, -0.2) is 4.98 Å². The molecule has 0 saturated carbocycles. The van der Waals surface area contributed by atoms with Crippen LogP contribution in [0.1, 0.15) is 33.4 Å². The highest BCUT2D eigenvalue weighted by atomic mass is 32.1. The second-order valence-corrected chi connectivity index (χ2v) is 8.28. The lowest BCUT2D eigenvalue weighted by Crippen LogP contribution is -2.26. The summed E-state index contributed by atoms with van der Waals surface area (Å²) < 4.78 is 0. The zero-order valence-corrected chi connectivity index (χ0v) is 17.4. The van der Waals surface area contributed by atoms with Gasteiger partial charge < -0.3 is 10.2 Å². The maximum absolute atomic E-state index is 12.5. The van der Waals surface area contributed by atoms with Crippen molar-refractivity contribution >= 4 is 28.8 Å². The molecule has 2 aromatic carbocycles. The van der Waals surface area contributed by atoms with Crippen molar-refractivity contribution in [1.29, 1.82) is 0 Å². The van der Waals surface area contributed by atoms with Crippen LogP contribution in [0.4, 0.5) is 5.69 Å². The van der Waals surface area contributed by atoms with Gasteiger partial charge in [-0.3, -0.25) is 9.59 Å². The monoisotopic (exact) mass is 405 g/mol. The Hall–Kier alpha value is -2.99. The molecule has 1 N–H and O–H groups in total. The highest BCUT2D eigenvalue weighted by molar-refractivity contribution is 7.09. The van der Waals surface area contributed by atoms with Crippen LogP contribution in [-0.2, 0) is 17.6 Å². The van der Waals surface area contributed by atoms with E-state index in [1.165, 1.54) is 5.56 Å². The molecule has 0 radical (unpaired) electrons. The zero-order valence-electron chi connectivity index (χ0n) is 16.6. The van der Waals surface area contributed by atoms with Crippen LogP contribution in [0.15, 0.2) is 47.8 Å². The molecule has 1 aliphatic heterocycles. The number of hydrogen-bond donors (Lipinski definition) is 1. The second kappa shape index (κ2) is 8.17. The third-order valence-electron chi connectivity index (χ3n) is 5.19. The van der Waals surface area contributed by atoms with Crippen molar-refractivity contribution in [2.24, 2.45) is 0 Å². The van der Waals surface area contributed by atoms with Gasteiger partial charge in [0.1, 0.15) is 0 Å². The van der Waals surface area contributed by atoms with Crippen molar-refractivity contribution in [2.45, 2.75) is 26.7 Å². The Morgan fingerprint density at radius 1 is 1.17 bits per heavy atom. The topological polar surface area (TPSA) is 62.3 Å². The van der Waals surface area contributed by atoms with Gasteiger partial charge in [0, 0.05) is 42.2 Å². The largest absolute Gasteiger partial charge is 0.352 e. The number of fused-ring (bicyclic) bond motifs is 1. The quantitative estimate of drug-likeness (QED) is 0.698. The zero-order chi connectivity index (χ0) is 20.4. The third-order valence-corrected chi connectivity index (χ3v) is 5.96.